The third-order valence-corrected chi connectivity index (χ3v) is 1.82. The van der Waals surface area contributed by atoms with Gasteiger partial charge in [-0.25, -0.2) is 14.8 Å². The minimum Gasteiger partial charge on any atom is -0.462 e. The van der Waals surface area contributed by atoms with Gasteiger partial charge in [0, 0.05) is 6.20 Å². The van der Waals surface area contributed by atoms with Crippen LogP contribution in [0.5, 0.6) is 0 Å². The molecule has 1 aromatic heterocycles. The molecule has 0 aromatic carbocycles. The molecule has 0 aliphatic rings. The first-order valence-electron chi connectivity index (χ1n) is 4.68. The molecule has 0 aliphatic carbocycles. The summed E-state index contributed by atoms with van der Waals surface area (Å²) in [5.74, 6) is 0.333. The van der Waals surface area contributed by atoms with Gasteiger partial charge in [-0.3, -0.25) is 0 Å². The van der Waals surface area contributed by atoms with E-state index in [0.717, 1.165) is 5.69 Å². The van der Waals surface area contributed by atoms with Crippen molar-refractivity contribution in [3.8, 4) is 0 Å². The Morgan fingerprint density at radius 2 is 2.21 bits per heavy atom. The number of aryl methyl sites for hydroxylation is 2. The Morgan fingerprint density at radius 1 is 1.50 bits per heavy atom. The summed E-state index contributed by atoms with van der Waals surface area (Å²) in [6, 6.07) is 0. The van der Waals surface area contributed by atoms with Gasteiger partial charge < -0.3 is 4.74 Å². The number of carbonyl (C=O) groups excluding carboxylic acids is 1. The van der Waals surface area contributed by atoms with Crippen molar-refractivity contribution >= 4 is 5.97 Å². The van der Waals surface area contributed by atoms with Crippen LogP contribution in [0.2, 0.25) is 0 Å². The summed E-state index contributed by atoms with van der Waals surface area (Å²) in [6.45, 7) is 5.90. The van der Waals surface area contributed by atoms with Crippen LogP contribution in [0.25, 0.3) is 0 Å². The van der Waals surface area contributed by atoms with Crippen molar-refractivity contribution in [2.24, 2.45) is 0 Å². The molecule has 4 nitrogen and oxygen atoms in total. The second kappa shape index (κ2) is 4.69. The van der Waals surface area contributed by atoms with Crippen molar-refractivity contribution in [3.63, 3.8) is 0 Å². The molecule has 0 radical (unpaired) electrons. The van der Waals surface area contributed by atoms with E-state index in [-0.39, 0.29) is 5.97 Å². The highest BCUT2D eigenvalue weighted by Gasteiger charge is 2.12. The highest BCUT2D eigenvalue weighted by atomic mass is 16.5. The van der Waals surface area contributed by atoms with Crippen LogP contribution in [0.1, 0.15) is 35.7 Å². The zero-order valence-electron chi connectivity index (χ0n) is 8.70. The van der Waals surface area contributed by atoms with E-state index >= 15 is 0 Å². The summed E-state index contributed by atoms with van der Waals surface area (Å²) >= 11 is 0. The monoisotopic (exact) mass is 194 g/mol. The molecule has 0 bridgehead atoms. The second-order valence-corrected chi connectivity index (χ2v) is 2.85. The fourth-order valence-corrected chi connectivity index (χ4v) is 1.17. The minimum absolute atomic E-state index is 0.343. The van der Waals surface area contributed by atoms with Crippen LogP contribution in [0.3, 0.4) is 0 Å². The fourth-order valence-electron chi connectivity index (χ4n) is 1.17. The molecule has 1 aromatic rings. The number of rotatable bonds is 3. The normalized spacial score (nSPS) is 9.93. The van der Waals surface area contributed by atoms with Crippen molar-refractivity contribution in [3.05, 3.63) is 23.3 Å². The Bertz CT molecular complexity index is 337. The largest absolute Gasteiger partial charge is 0.462 e. The molecule has 1 heterocycles. The average molecular weight is 194 g/mol. The molecule has 0 amide bonds. The van der Waals surface area contributed by atoms with Gasteiger partial charge in [0.2, 0.25) is 0 Å². The summed E-state index contributed by atoms with van der Waals surface area (Å²) in [6.07, 6.45) is 2.23. The Balaban J connectivity index is 3.01. The third-order valence-electron chi connectivity index (χ3n) is 1.82. The molecule has 0 aliphatic heterocycles. The molecular formula is C10H14N2O2. The SMILES string of the molecule is CCOC(=O)c1cnc(C)nc1CC. The van der Waals surface area contributed by atoms with Gasteiger partial charge in [-0.05, 0) is 20.3 Å². The van der Waals surface area contributed by atoms with Crippen LogP contribution in [0.15, 0.2) is 6.20 Å². The smallest absolute Gasteiger partial charge is 0.341 e. The maximum Gasteiger partial charge on any atom is 0.341 e. The molecular weight excluding hydrogens is 180 g/mol. The Kier molecular flexibility index (Phi) is 3.56. The molecule has 14 heavy (non-hydrogen) atoms. The number of hydrogen-bond acceptors (Lipinski definition) is 4. The zero-order chi connectivity index (χ0) is 10.6. The summed E-state index contributed by atoms with van der Waals surface area (Å²) in [5.41, 5.74) is 1.22. The highest BCUT2D eigenvalue weighted by molar-refractivity contribution is 5.90. The van der Waals surface area contributed by atoms with E-state index < -0.39 is 0 Å². The maximum absolute atomic E-state index is 11.4. The van der Waals surface area contributed by atoms with Crippen LogP contribution in [0.4, 0.5) is 0 Å². The molecule has 0 fully saturated rings. The maximum atomic E-state index is 11.4. The van der Waals surface area contributed by atoms with E-state index in [9.17, 15) is 4.79 Å². The predicted octanol–water partition coefficient (Wildman–Crippen LogP) is 1.52. The molecule has 0 spiro atoms. The van der Waals surface area contributed by atoms with E-state index in [2.05, 4.69) is 9.97 Å². The first kappa shape index (κ1) is 10.6. The van der Waals surface area contributed by atoms with Crippen LogP contribution >= 0.6 is 0 Å². The van der Waals surface area contributed by atoms with Crippen molar-refractivity contribution in [2.45, 2.75) is 27.2 Å². The van der Waals surface area contributed by atoms with Crippen molar-refractivity contribution < 1.29 is 9.53 Å². The first-order valence-corrected chi connectivity index (χ1v) is 4.68. The predicted molar refractivity (Wildman–Crippen MR) is 52.1 cm³/mol. The molecule has 0 saturated carbocycles. The van der Waals surface area contributed by atoms with Gasteiger partial charge in [-0.15, -0.1) is 0 Å². The summed E-state index contributed by atoms with van der Waals surface area (Å²) in [7, 11) is 0. The molecule has 0 saturated heterocycles. The lowest BCUT2D eigenvalue weighted by Gasteiger charge is -2.05. The quantitative estimate of drug-likeness (QED) is 0.684. The lowest BCUT2D eigenvalue weighted by molar-refractivity contribution is 0.0524. The molecule has 0 atom stereocenters. The van der Waals surface area contributed by atoms with E-state index in [0.29, 0.717) is 24.4 Å². The van der Waals surface area contributed by atoms with E-state index in [1.54, 1.807) is 13.8 Å². The third kappa shape index (κ3) is 2.28. The number of esters is 1. The number of aromatic nitrogens is 2. The number of nitrogens with zero attached hydrogens (tertiary/aromatic N) is 2. The van der Waals surface area contributed by atoms with E-state index in [1.807, 2.05) is 6.92 Å². The molecule has 1 rings (SSSR count). The van der Waals surface area contributed by atoms with E-state index in [1.165, 1.54) is 6.20 Å². The van der Waals surface area contributed by atoms with Gasteiger partial charge in [-0.2, -0.15) is 0 Å². The number of hydrogen-bond donors (Lipinski definition) is 0. The standard InChI is InChI=1S/C10H14N2O2/c1-4-9-8(10(13)14-5-2)6-11-7(3)12-9/h6H,4-5H2,1-3H3. The van der Waals surface area contributed by atoms with Gasteiger partial charge in [0.15, 0.2) is 0 Å². The van der Waals surface area contributed by atoms with Crippen LogP contribution in [0, 0.1) is 6.92 Å². The fraction of sp³-hybridized carbons (Fsp3) is 0.500. The van der Waals surface area contributed by atoms with Crippen LogP contribution in [-0.4, -0.2) is 22.5 Å². The van der Waals surface area contributed by atoms with Crippen molar-refractivity contribution in [2.75, 3.05) is 6.61 Å². The zero-order valence-corrected chi connectivity index (χ0v) is 8.70. The van der Waals surface area contributed by atoms with E-state index in [4.69, 9.17) is 4.74 Å². The van der Waals surface area contributed by atoms with Gasteiger partial charge in [0.05, 0.1) is 17.9 Å². The van der Waals surface area contributed by atoms with Gasteiger partial charge in [0.1, 0.15) is 5.82 Å². The Labute approximate surface area is 83.3 Å². The lowest BCUT2D eigenvalue weighted by atomic mass is 10.2. The number of ether oxygens (including phenoxy) is 1. The lowest BCUT2D eigenvalue weighted by Crippen LogP contribution is -2.10. The van der Waals surface area contributed by atoms with Gasteiger partial charge >= 0.3 is 5.97 Å². The first-order chi connectivity index (χ1) is 6.69. The Hall–Kier alpha value is -1.45. The van der Waals surface area contributed by atoms with Crippen molar-refractivity contribution in [1.29, 1.82) is 0 Å². The van der Waals surface area contributed by atoms with Crippen LogP contribution < -0.4 is 0 Å². The second-order valence-electron chi connectivity index (χ2n) is 2.85. The summed E-state index contributed by atoms with van der Waals surface area (Å²) in [4.78, 5) is 19.6. The summed E-state index contributed by atoms with van der Waals surface area (Å²) in [5, 5.41) is 0. The molecule has 0 unspecified atom stereocenters. The molecule has 4 heteroatoms. The Morgan fingerprint density at radius 3 is 2.79 bits per heavy atom. The van der Waals surface area contributed by atoms with Gasteiger partial charge in [-0.1, -0.05) is 6.92 Å². The van der Waals surface area contributed by atoms with Crippen LogP contribution in [-0.2, 0) is 11.2 Å². The molecule has 76 valence electrons. The van der Waals surface area contributed by atoms with Crippen molar-refractivity contribution in [1.82, 2.24) is 9.97 Å². The number of carbonyl (C=O) groups is 1. The molecule has 0 N–H and O–H groups in total. The topological polar surface area (TPSA) is 52.1 Å². The van der Waals surface area contributed by atoms with Gasteiger partial charge in [0.25, 0.3) is 0 Å². The summed E-state index contributed by atoms with van der Waals surface area (Å²) < 4.78 is 4.89. The average Bonchev–Trinajstić information content (AvgIpc) is 2.17. The minimum atomic E-state index is -0.343. The highest BCUT2D eigenvalue weighted by Crippen LogP contribution is 2.07.